The van der Waals surface area contributed by atoms with Gasteiger partial charge in [0.25, 0.3) is 5.56 Å². The van der Waals surface area contributed by atoms with Gasteiger partial charge in [-0.05, 0) is 23.1 Å². The van der Waals surface area contributed by atoms with E-state index in [9.17, 15) is 14.4 Å². The van der Waals surface area contributed by atoms with Gasteiger partial charge >= 0.3 is 5.69 Å². The van der Waals surface area contributed by atoms with E-state index in [4.69, 9.17) is 9.47 Å². The summed E-state index contributed by atoms with van der Waals surface area (Å²) in [6.45, 7) is 4.15. The zero-order chi connectivity index (χ0) is 21.4. The number of carbonyl (C=O) groups excluding carboxylic acids is 1. The molecule has 8 heteroatoms. The fourth-order valence-electron chi connectivity index (χ4n) is 4.84. The molecule has 0 amide bonds. The molecule has 156 valence electrons. The Bertz CT molecular complexity index is 1250. The first-order chi connectivity index (χ1) is 14.2. The number of rotatable bonds is 1. The Labute approximate surface area is 172 Å². The number of hydrogen-bond acceptors (Lipinski definition) is 6. The van der Waals surface area contributed by atoms with Crippen molar-refractivity contribution < 1.29 is 14.3 Å². The average molecular weight is 409 g/mol. The van der Waals surface area contributed by atoms with Crippen molar-refractivity contribution in [3.05, 3.63) is 61.9 Å². The van der Waals surface area contributed by atoms with Crippen LogP contribution < -0.4 is 26.0 Å². The molecule has 5 rings (SSSR count). The van der Waals surface area contributed by atoms with E-state index in [2.05, 4.69) is 5.32 Å². The normalized spacial score (nSPS) is 23.3. The molecular formula is C22H23N3O5. The molecule has 2 atom stereocenters. The van der Waals surface area contributed by atoms with Gasteiger partial charge in [0.05, 0.1) is 11.5 Å². The number of benzene rings is 1. The number of hydrogen-bond donors (Lipinski definition) is 1. The average Bonchev–Trinajstić information content (AvgIpc) is 3.16. The zero-order valence-electron chi connectivity index (χ0n) is 17.3. The van der Waals surface area contributed by atoms with E-state index < -0.39 is 23.1 Å². The summed E-state index contributed by atoms with van der Waals surface area (Å²) in [5, 5.41) is 3.25. The van der Waals surface area contributed by atoms with E-state index in [1.165, 1.54) is 11.6 Å². The standard InChI is InChI=1S/C22H23N3O5/c1-22(2)8-12-17(13(26)9-22)16(11-5-6-14-15(7-11)30-10-29-14)18-19(23-12)24(3)21(28)25(4)20(18)27/h5-8,16-17,23H,9-10H2,1-4H3/t16-,17-/m0/s1. The Hall–Kier alpha value is -3.29. The third kappa shape index (κ3) is 2.56. The van der Waals surface area contributed by atoms with Gasteiger partial charge in [0.15, 0.2) is 11.5 Å². The van der Waals surface area contributed by atoms with Crippen LogP contribution in [0.3, 0.4) is 0 Å². The van der Waals surface area contributed by atoms with E-state index in [1.54, 1.807) is 13.1 Å². The van der Waals surface area contributed by atoms with Crippen LogP contribution in [0.15, 0.2) is 39.6 Å². The van der Waals surface area contributed by atoms with Crippen molar-refractivity contribution in [1.82, 2.24) is 9.13 Å². The third-order valence-corrected chi connectivity index (χ3v) is 6.22. The van der Waals surface area contributed by atoms with Crippen molar-refractivity contribution in [3.8, 4) is 11.5 Å². The highest BCUT2D eigenvalue weighted by Crippen LogP contribution is 2.49. The van der Waals surface area contributed by atoms with Gasteiger partial charge in [0.1, 0.15) is 11.6 Å². The van der Waals surface area contributed by atoms with Crippen LogP contribution in [0.25, 0.3) is 0 Å². The maximum Gasteiger partial charge on any atom is 0.332 e. The van der Waals surface area contributed by atoms with Crippen molar-refractivity contribution in [1.29, 1.82) is 0 Å². The molecule has 0 fully saturated rings. The van der Waals surface area contributed by atoms with Crippen molar-refractivity contribution in [2.24, 2.45) is 25.4 Å². The molecule has 30 heavy (non-hydrogen) atoms. The SMILES string of the molecule is Cn1c2c(c(=O)n(C)c1=O)[C@@H](c1ccc3c(c1)OCO3)[C@@H]1C(=O)CC(C)(C)C=C1N2. The molecule has 0 unspecified atom stereocenters. The Morgan fingerprint density at radius 3 is 2.53 bits per heavy atom. The summed E-state index contributed by atoms with van der Waals surface area (Å²) in [4.78, 5) is 39.1. The number of nitrogens with zero attached hydrogens (tertiary/aromatic N) is 2. The maximum atomic E-state index is 13.3. The highest BCUT2D eigenvalue weighted by Gasteiger charge is 2.46. The van der Waals surface area contributed by atoms with Crippen LogP contribution >= 0.6 is 0 Å². The summed E-state index contributed by atoms with van der Waals surface area (Å²) in [7, 11) is 3.08. The topological polar surface area (TPSA) is 91.6 Å². The molecule has 3 heterocycles. The Morgan fingerprint density at radius 1 is 1.03 bits per heavy atom. The first kappa shape index (κ1) is 18.7. The molecule has 1 aromatic carbocycles. The van der Waals surface area contributed by atoms with Gasteiger partial charge in [-0.2, -0.15) is 0 Å². The number of Topliss-reactive ketones (excluding diaryl/α,β-unsaturated/α-hetero) is 1. The smallest absolute Gasteiger partial charge is 0.332 e. The van der Waals surface area contributed by atoms with Gasteiger partial charge in [-0.15, -0.1) is 0 Å². The molecule has 0 saturated carbocycles. The first-order valence-corrected chi connectivity index (χ1v) is 9.90. The predicted octanol–water partition coefficient (Wildman–Crippen LogP) is 1.87. The molecule has 0 bridgehead atoms. The maximum absolute atomic E-state index is 13.3. The summed E-state index contributed by atoms with van der Waals surface area (Å²) in [6, 6.07) is 5.49. The van der Waals surface area contributed by atoms with Crippen LogP contribution in [0.2, 0.25) is 0 Å². The van der Waals surface area contributed by atoms with E-state index in [-0.39, 0.29) is 18.0 Å². The molecule has 1 aromatic heterocycles. The fraction of sp³-hybridized carbons (Fsp3) is 0.409. The Balaban J connectivity index is 1.82. The third-order valence-electron chi connectivity index (χ3n) is 6.22. The number of nitrogens with one attached hydrogen (secondary N) is 1. The number of allylic oxidation sites excluding steroid dienone is 2. The summed E-state index contributed by atoms with van der Waals surface area (Å²) in [5.74, 6) is 0.650. The molecule has 3 aliphatic rings. The molecular weight excluding hydrogens is 386 g/mol. The molecule has 0 spiro atoms. The van der Waals surface area contributed by atoms with Gasteiger partial charge < -0.3 is 14.8 Å². The molecule has 0 saturated heterocycles. The molecule has 0 radical (unpaired) electrons. The van der Waals surface area contributed by atoms with E-state index in [1.807, 2.05) is 32.1 Å². The second-order valence-corrected chi connectivity index (χ2v) is 8.89. The summed E-state index contributed by atoms with van der Waals surface area (Å²) >= 11 is 0. The van der Waals surface area contributed by atoms with Gasteiger partial charge in [-0.1, -0.05) is 26.0 Å². The second kappa shape index (κ2) is 6.10. The predicted molar refractivity (Wildman–Crippen MR) is 110 cm³/mol. The molecule has 1 N–H and O–H groups in total. The zero-order valence-corrected chi connectivity index (χ0v) is 17.3. The molecule has 1 aliphatic carbocycles. The lowest BCUT2D eigenvalue weighted by Crippen LogP contribution is -2.47. The minimum absolute atomic E-state index is 0.0641. The molecule has 8 nitrogen and oxygen atoms in total. The van der Waals surface area contributed by atoms with Crippen molar-refractivity contribution >= 4 is 11.6 Å². The first-order valence-electron chi connectivity index (χ1n) is 9.90. The van der Waals surface area contributed by atoms with Crippen LogP contribution in [0.5, 0.6) is 11.5 Å². The number of ether oxygens (including phenoxy) is 2. The quantitative estimate of drug-likeness (QED) is 0.773. The van der Waals surface area contributed by atoms with E-state index >= 15 is 0 Å². The number of fused-ring (bicyclic) bond motifs is 3. The number of anilines is 1. The minimum atomic E-state index is -0.531. The van der Waals surface area contributed by atoms with E-state index in [0.717, 1.165) is 15.8 Å². The van der Waals surface area contributed by atoms with Crippen molar-refractivity contribution in [2.75, 3.05) is 12.1 Å². The van der Waals surface area contributed by atoms with Gasteiger partial charge in [0.2, 0.25) is 6.79 Å². The lowest BCUT2D eigenvalue weighted by Gasteiger charge is -2.41. The summed E-state index contributed by atoms with van der Waals surface area (Å²) < 4.78 is 13.5. The van der Waals surface area contributed by atoms with Gasteiger partial charge in [-0.3, -0.25) is 18.7 Å². The van der Waals surface area contributed by atoms with Crippen LogP contribution in [-0.4, -0.2) is 21.7 Å². The highest BCUT2D eigenvalue weighted by molar-refractivity contribution is 5.90. The van der Waals surface area contributed by atoms with Crippen LogP contribution in [0, 0.1) is 11.3 Å². The van der Waals surface area contributed by atoms with Gasteiger partial charge in [0, 0.05) is 32.1 Å². The Morgan fingerprint density at radius 2 is 1.77 bits per heavy atom. The van der Waals surface area contributed by atoms with Crippen molar-refractivity contribution in [3.63, 3.8) is 0 Å². The Kier molecular flexibility index (Phi) is 3.81. The molecule has 2 aliphatic heterocycles. The lowest BCUT2D eigenvalue weighted by atomic mass is 9.67. The minimum Gasteiger partial charge on any atom is -0.454 e. The second-order valence-electron chi connectivity index (χ2n) is 8.89. The summed E-state index contributed by atoms with van der Waals surface area (Å²) in [6.07, 6.45) is 2.43. The van der Waals surface area contributed by atoms with E-state index in [0.29, 0.717) is 29.3 Å². The van der Waals surface area contributed by atoms with Crippen LogP contribution in [0.1, 0.15) is 37.3 Å². The monoisotopic (exact) mass is 409 g/mol. The number of ketones is 1. The number of aromatic nitrogens is 2. The van der Waals surface area contributed by atoms with Crippen LogP contribution in [0.4, 0.5) is 5.82 Å². The van der Waals surface area contributed by atoms with Crippen molar-refractivity contribution in [2.45, 2.75) is 26.2 Å². The molecule has 2 aromatic rings. The van der Waals surface area contributed by atoms with Crippen LogP contribution in [-0.2, 0) is 18.9 Å². The summed E-state index contributed by atoms with van der Waals surface area (Å²) in [5.41, 5.74) is 0.784. The lowest BCUT2D eigenvalue weighted by molar-refractivity contribution is -0.124. The van der Waals surface area contributed by atoms with Gasteiger partial charge in [-0.25, -0.2) is 4.79 Å². The highest BCUT2D eigenvalue weighted by atomic mass is 16.7. The largest absolute Gasteiger partial charge is 0.454 e. The fourth-order valence-corrected chi connectivity index (χ4v) is 4.84. The number of carbonyl (C=O) groups is 1.